The molecule has 0 radical (unpaired) electrons. The van der Waals surface area contributed by atoms with Gasteiger partial charge in [-0.25, -0.2) is 9.18 Å². The van der Waals surface area contributed by atoms with Crippen molar-refractivity contribution in [2.24, 2.45) is 5.92 Å². The number of carbonyl (C=O) groups is 1. The van der Waals surface area contributed by atoms with Crippen molar-refractivity contribution in [3.05, 3.63) is 29.6 Å². The second-order valence-corrected chi connectivity index (χ2v) is 4.01. The average molecular weight is 250 g/mol. The Hall–Kier alpha value is -2.09. The van der Waals surface area contributed by atoms with E-state index >= 15 is 0 Å². The predicted octanol–water partition coefficient (Wildman–Crippen LogP) is 2.51. The summed E-state index contributed by atoms with van der Waals surface area (Å²) in [4.78, 5) is 12.8. The number of carboxylic acids is 1. The number of nitriles is 1. The number of halogens is 1. The van der Waals surface area contributed by atoms with Gasteiger partial charge < -0.3 is 10.0 Å². The van der Waals surface area contributed by atoms with E-state index in [4.69, 9.17) is 10.4 Å². The molecule has 0 aliphatic rings. The summed E-state index contributed by atoms with van der Waals surface area (Å²) in [6, 6.07) is 6.22. The molecule has 0 fully saturated rings. The Morgan fingerprint density at radius 2 is 2.28 bits per heavy atom. The summed E-state index contributed by atoms with van der Waals surface area (Å²) in [7, 11) is 0. The molecule has 96 valence electrons. The Bertz CT molecular complexity index is 482. The van der Waals surface area contributed by atoms with Crippen molar-refractivity contribution in [2.75, 3.05) is 18.0 Å². The van der Waals surface area contributed by atoms with Gasteiger partial charge >= 0.3 is 5.97 Å². The van der Waals surface area contributed by atoms with Crippen molar-refractivity contribution in [3.8, 4) is 6.07 Å². The maximum Gasteiger partial charge on any atom is 0.340 e. The lowest BCUT2D eigenvalue weighted by atomic mass is 10.1. The van der Waals surface area contributed by atoms with Crippen molar-refractivity contribution in [1.82, 2.24) is 0 Å². The number of hydrogen-bond donors (Lipinski definition) is 1. The summed E-state index contributed by atoms with van der Waals surface area (Å²) in [5.74, 6) is -2.32. The van der Waals surface area contributed by atoms with Crippen LogP contribution in [0, 0.1) is 23.1 Å². The molecule has 0 aliphatic heterocycles. The minimum Gasteiger partial charge on any atom is -0.478 e. The second kappa shape index (κ2) is 6.01. The van der Waals surface area contributed by atoms with E-state index in [2.05, 4.69) is 6.07 Å². The Balaban J connectivity index is 3.18. The molecule has 5 heteroatoms. The fraction of sp³-hybridized carbons (Fsp3) is 0.385. The van der Waals surface area contributed by atoms with Crippen LogP contribution >= 0.6 is 0 Å². The smallest absolute Gasteiger partial charge is 0.340 e. The Morgan fingerprint density at radius 3 is 2.78 bits per heavy atom. The normalized spacial score (nSPS) is 11.7. The molecule has 0 spiro atoms. The maximum atomic E-state index is 13.5. The summed E-state index contributed by atoms with van der Waals surface area (Å²) in [5.41, 5.74) is -0.0309. The van der Waals surface area contributed by atoms with Gasteiger partial charge in [0.15, 0.2) is 0 Å². The molecule has 1 N–H and O–H groups in total. The number of hydrogen-bond acceptors (Lipinski definition) is 3. The zero-order valence-corrected chi connectivity index (χ0v) is 10.4. The lowest BCUT2D eigenvalue weighted by molar-refractivity contribution is 0.0692. The van der Waals surface area contributed by atoms with Gasteiger partial charge in [-0.3, -0.25) is 0 Å². The lowest BCUT2D eigenvalue weighted by Crippen LogP contribution is -2.29. The molecule has 1 unspecified atom stereocenters. The van der Waals surface area contributed by atoms with Crippen molar-refractivity contribution in [2.45, 2.75) is 13.8 Å². The third-order valence-corrected chi connectivity index (χ3v) is 2.64. The Kier molecular flexibility index (Phi) is 4.67. The fourth-order valence-corrected chi connectivity index (χ4v) is 1.76. The zero-order chi connectivity index (χ0) is 13.7. The van der Waals surface area contributed by atoms with E-state index in [0.717, 1.165) is 6.07 Å². The summed E-state index contributed by atoms with van der Waals surface area (Å²) < 4.78 is 13.5. The standard InChI is InChI=1S/C13H15FN2O2/c1-3-16(8-9(2)7-15)11-6-4-5-10(14)12(11)13(17)18/h4-6,9H,3,8H2,1-2H3,(H,17,18). The van der Waals surface area contributed by atoms with Gasteiger partial charge in [0, 0.05) is 13.1 Å². The Morgan fingerprint density at radius 1 is 1.61 bits per heavy atom. The topological polar surface area (TPSA) is 64.3 Å². The molecular weight excluding hydrogens is 235 g/mol. The minimum absolute atomic E-state index is 0.255. The van der Waals surface area contributed by atoms with Crippen LogP contribution in [0.4, 0.5) is 10.1 Å². The van der Waals surface area contributed by atoms with Crippen LogP contribution in [0.5, 0.6) is 0 Å². The van der Waals surface area contributed by atoms with Crippen LogP contribution in [-0.2, 0) is 0 Å². The first kappa shape index (κ1) is 14.0. The third-order valence-electron chi connectivity index (χ3n) is 2.64. The average Bonchev–Trinajstić information content (AvgIpc) is 2.34. The molecule has 1 rings (SSSR count). The summed E-state index contributed by atoms with van der Waals surface area (Å²) >= 11 is 0. The molecule has 0 heterocycles. The van der Waals surface area contributed by atoms with E-state index in [9.17, 15) is 9.18 Å². The molecule has 0 aromatic heterocycles. The molecule has 1 aromatic rings. The van der Waals surface area contributed by atoms with Crippen molar-refractivity contribution >= 4 is 11.7 Å². The van der Waals surface area contributed by atoms with Gasteiger partial charge in [-0.1, -0.05) is 6.07 Å². The highest BCUT2D eigenvalue weighted by atomic mass is 19.1. The predicted molar refractivity (Wildman–Crippen MR) is 66.0 cm³/mol. The number of aromatic carboxylic acids is 1. The van der Waals surface area contributed by atoms with Crippen LogP contribution in [0.15, 0.2) is 18.2 Å². The van der Waals surface area contributed by atoms with Gasteiger partial charge in [0.05, 0.1) is 17.7 Å². The molecule has 1 atom stereocenters. The van der Waals surface area contributed by atoms with E-state index in [0.29, 0.717) is 18.8 Å². The van der Waals surface area contributed by atoms with Crippen LogP contribution in [0.3, 0.4) is 0 Å². The van der Waals surface area contributed by atoms with Crippen molar-refractivity contribution in [1.29, 1.82) is 5.26 Å². The van der Waals surface area contributed by atoms with Crippen molar-refractivity contribution < 1.29 is 14.3 Å². The molecule has 18 heavy (non-hydrogen) atoms. The number of nitrogens with zero attached hydrogens (tertiary/aromatic N) is 2. The molecule has 0 amide bonds. The summed E-state index contributed by atoms with van der Waals surface area (Å²) in [5, 5.41) is 17.8. The molecule has 4 nitrogen and oxygen atoms in total. The van der Waals surface area contributed by atoms with E-state index in [1.54, 1.807) is 17.9 Å². The second-order valence-electron chi connectivity index (χ2n) is 4.01. The summed E-state index contributed by atoms with van der Waals surface area (Å²) in [6.45, 7) is 4.45. The number of anilines is 1. The number of carboxylic acid groups (broad SMARTS) is 1. The first-order valence-electron chi connectivity index (χ1n) is 5.67. The highest BCUT2D eigenvalue weighted by molar-refractivity contribution is 5.94. The van der Waals surface area contributed by atoms with E-state index in [1.165, 1.54) is 6.07 Å². The van der Waals surface area contributed by atoms with Gasteiger partial charge in [-0.15, -0.1) is 0 Å². The van der Waals surface area contributed by atoms with Gasteiger partial charge in [-0.2, -0.15) is 5.26 Å². The van der Waals surface area contributed by atoms with Crippen LogP contribution in [0.1, 0.15) is 24.2 Å². The van der Waals surface area contributed by atoms with E-state index in [-0.39, 0.29) is 11.5 Å². The van der Waals surface area contributed by atoms with Gasteiger partial charge in [0.25, 0.3) is 0 Å². The molecule has 0 saturated heterocycles. The monoisotopic (exact) mass is 250 g/mol. The van der Waals surface area contributed by atoms with Gasteiger partial charge in [0.2, 0.25) is 0 Å². The maximum absolute atomic E-state index is 13.5. The lowest BCUT2D eigenvalue weighted by Gasteiger charge is -2.25. The highest BCUT2D eigenvalue weighted by Crippen LogP contribution is 2.24. The van der Waals surface area contributed by atoms with Crippen molar-refractivity contribution in [3.63, 3.8) is 0 Å². The van der Waals surface area contributed by atoms with Crippen LogP contribution in [-0.4, -0.2) is 24.2 Å². The van der Waals surface area contributed by atoms with Crippen LogP contribution < -0.4 is 4.90 Å². The molecule has 0 saturated carbocycles. The molecule has 0 aliphatic carbocycles. The largest absolute Gasteiger partial charge is 0.478 e. The van der Waals surface area contributed by atoms with Gasteiger partial charge in [-0.05, 0) is 26.0 Å². The van der Waals surface area contributed by atoms with Gasteiger partial charge in [0.1, 0.15) is 11.4 Å². The number of rotatable bonds is 5. The first-order valence-corrected chi connectivity index (χ1v) is 5.67. The number of benzene rings is 1. The molecular formula is C13H15FN2O2. The highest BCUT2D eigenvalue weighted by Gasteiger charge is 2.20. The first-order chi connectivity index (χ1) is 8.51. The molecule has 1 aromatic carbocycles. The van der Waals surface area contributed by atoms with E-state index < -0.39 is 11.8 Å². The minimum atomic E-state index is -1.30. The third kappa shape index (κ3) is 2.98. The zero-order valence-electron chi connectivity index (χ0n) is 10.4. The summed E-state index contributed by atoms with van der Waals surface area (Å²) in [6.07, 6.45) is 0. The van der Waals surface area contributed by atoms with E-state index in [1.807, 2.05) is 6.92 Å². The SMILES string of the molecule is CCN(CC(C)C#N)c1cccc(F)c1C(=O)O. The quantitative estimate of drug-likeness (QED) is 0.872. The Labute approximate surface area is 105 Å². The van der Waals surface area contributed by atoms with Crippen LogP contribution in [0.2, 0.25) is 0 Å². The van der Waals surface area contributed by atoms with Crippen LogP contribution in [0.25, 0.3) is 0 Å². The molecule has 0 bridgehead atoms. The fourth-order valence-electron chi connectivity index (χ4n) is 1.76.